The van der Waals surface area contributed by atoms with Gasteiger partial charge in [0.2, 0.25) is 0 Å². The van der Waals surface area contributed by atoms with Crippen LogP contribution >= 0.6 is 0 Å². The van der Waals surface area contributed by atoms with Crippen molar-refractivity contribution >= 4 is 11.5 Å². The molecular formula is C15H17FO2. The average molecular weight is 248 g/mol. The Morgan fingerprint density at radius 2 is 2.06 bits per heavy atom. The summed E-state index contributed by atoms with van der Waals surface area (Å²) in [5.41, 5.74) is 2.31. The SMILES string of the molecule is Cc1c(F)cc(C(=O)O)cc1C1=CCCC1(C)C. The van der Waals surface area contributed by atoms with E-state index in [0.29, 0.717) is 5.56 Å². The minimum absolute atomic E-state index is 0.0108. The van der Waals surface area contributed by atoms with Crippen LogP contribution in [0.3, 0.4) is 0 Å². The van der Waals surface area contributed by atoms with E-state index in [-0.39, 0.29) is 11.0 Å². The average Bonchev–Trinajstić information content (AvgIpc) is 2.61. The third-order valence-corrected chi connectivity index (χ3v) is 3.73. The van der Waals surface area contributed by atoms with Gasteiger partial charge in [0.25, 0.3) is 0 Å². The molecule has 3 heteroatoms. The maximum absolute atomic E-state index is 13.8. The Labute approximate surface area is 106 Å². The highest BCUT2D eigenvalue weighted by Gasteiger charge is 2.30. The third-order valence-electron chi connectivity index (χ3n) is 3.73. The maximum Gasteiger partial charge on any atom is 0.335 e. The van der Waals surface area contributed by atoms with E-state index >= 15 is 0 Å². The molecule has 2 nitrogen and oxygen atoms in total. The van der Waals surface area contributed by atoms with Crippen molar-refractivity contribution in [2.45, 2.75) is 33.6 Å². The zero-order valence-corrected chi connectivity index (χ0v) is 10.9. The molecule has 96 valence electrons. The second-order valence-corrected chi connectivity index (χ2v) is 5.48. The summed E-state index contributed by atoms with van der Waals surface area (Å²) in [5.74, 6) is -1.54. The van der Waals surface area contributed by atoms with Gasteiger partial charge in [-0.2, -0.15) is 0 Å². The molecule has 0 atom stereocenters. The summed E-state index contributed by atoms with van der Waals surface area (Å²) in [6, 6.07) is 2.67. The molecule has 0 saturated carbocycles. The van der Waals surface area contributed by atoms with Crippen molar-refractivity contribution in [3.63, 3.8) is 0 Å². The maximum atomic E-state index is 13.8. The first-order valence-electron chi connectivity index (χ1n) is 6.07. The molecule has 1 aliphatic carbocycles. The monoisotopic (exact) mass is 248 g/mol. The van der Waals surface area contributed by atoms with Crippen LogP contribution in [0.1, 0.15) is 48.2 Å². The molecule has 0 aliphatic heterocycles. The molecule has 2 rings (SSSR count). The number of carboxylic acid groups (broad SMARTS) is 1. The van der Waals surface area contributed by atoms with Crippen molar-refractivity contribution in [2.75, 3.05) is 0 Å². The quantitative estimate of drug-likeness (QED) is 0.857. The topological polar surface area (TPSA) is 37.3 Å². The molecule has 1 aliphatic rings. The summed E-state index contributed by atoms with van der Waals surface area (Å²) < 4.78 is 13.8. The van der Waals surface area contributed by atoms with Gasteiger partial charge in [0.15, 0.2) is 0 Å². The molecular weight excluding hydrogens is 231 g/mol. The van der Waals surface area contributed by atoms with E-state index in [0.717, 1.165) is 30.0 Å². The van der Waals surface area contributed by atoms with Crippen molar-refractivity contribution in [3.8, 4) is 0 Å². The number of hydrogen-bond acceptors (Lipinski definition) is 1. The Hall–Kier alpha value is -1.64. The Morgan fingerprint density at radius 1 is 1.39 bits per heavy atom. The van der Waals surface area contributed by atoms with Crippen molar-refractivity contribution in [1.29, 1.82) is 0 Å². The Morgan fingerprint density at radius 3 is 2.56 bits per heavy atom. The molecule has 0 spiro atoms. The molecule has 1 aromatic carbocycles. The molecule has 0 saturated heterocycles. The van der Waals surface area contributed by atoms with Crippen molar-refractivity contribution in [1.82, 2.24) is 0 Å². The van der Waals surface area contributed by atoms with Crippen LogP contribution in [-0.4, -0.2) is 11.1 Å². The zero-order chi connectivity index (χ0) is 13.5. The van der Waals surface area contributed by atoms with E-state index in [1.165, 1.54) is 0 Å². The van der Waals surface area contributed by atoms with Crippen molar-refractivity contribution in [3.05, 3.63) is 40.7 Å². The zero-order valence-electron chi connectivity index (χ0n) is 10.9. The lowest BCUT2D eigenvalue weighted by Gasteiger charge is -2.24. The van der Waals surface area contributed by atoms with Gasteiger partial charge in [-0.15, -0.1) is 0 Å². The molecule has 0 heterocycles. The van der Waals surface area contributed by atoms with Gasteiger partial charge in [-0.3, -0.25) is 0 Å². The van der Waals surface area contributed by atoms with E-state index in [9.17, 15) is 9.18 Å². The standard InChI is InChI=1S/C15H17FO2/c1-9-11(12-5-4-6-15(12,2)3)7-10(14(17)18)8-13(9)16/h5,7-8H,4,6H2,1-3H3,(H,17,18). The lowest BCUT2D eigenvalue weighted by atomic mass is 9.80. The van der Waals surface area contributed by atoms with Crippen molar-refractivity contribution < 1.29 is 14.3 Å². The van der Waals surface area contributed by atoms with Crippen LogP contribution < -0.4 is 0 Å². The first-order chi connectivity index (χ1) is 8.33. The second kappa shape index (κ2) is 4.23. The van der Waals surface area contributed by atoms with E-state index in [1.54, 1.807) is 13.0 Å². The van der Waals surface area contributed by atoms with Gasteiger partial charge in [-0.25, -0.2) is 9.18 Å². The second-order valence-electron chi connectivity index (χ2n) is 5.48. The van der Waals surface area contributed by atoms with E-state index in [2.05, 4.69) is 19.9 Å². The molecule has 0 aromatic heterocycles. The predicted molar refractivity (Wildman–Crippen MR) is 69.1 cm³/mol. The first-order valence-corrected chi connectivity index (χ1v) is 6.07. The van der Waals surface area contributed by atoms with Gasteiger partial charge in [-0.05, 0) is 54.0 Å². The number of rotatable bonds is 2. The number of carbonyl (C=O) groups is 1. The van der Waals surface area contributed by atoms with Crippen molar-refractivity contribution in [2.24, 2.45) is 5.41 Å². The van der Waals surface area contributed by atoms with Gasteiger partial charge in [-0.1, -0.05) is 19.9 Å². The van der Waals surface area contributed by atoms with Crippen LogP contribution in [0.2, 0.25) is 0 Å². The number of halogens is 1. The molecule has 0 fully saturated rings. The molecule has 0 radical (unpaired) electrons. The smallest absolute Gasteiger partial charge is 0.335 e. The summed E-state index contributed by atoms with van der Waals surface area (Å²) in [4.78, 5) is 11.0. The van der Waals surface area contributed by atoms with E-state index < -0.39 is 11.8 Å². The van der Waals surface area contributed by atoms with Crippen LogP contribution in [0.15, 0.2) is 18.2 Å². The highest BCUT2D eigenvalue weighted by Crippen LogP contribution is 2.45. The highest BCUT2D eigenvalue weighted by atomic mass is 19.1. The summed E-state index contributed by atoms with van der Waals surface area (Å²) in [6.45, 7) is 5.92. The van der Waals surface area contributed by atoms with Crippen LogP contribution in [0.4, 0.5) is 4.39 Å². The third kappa shape index (κ3) is 2.05. The summed E-state index contributed by atoms with van der Waals surface area (Å²) in [5, 5.41) is 9.01. The lowest BCUT2D eigenvalue weighted by molar-refractivity contribution is 0.0696. The van der Waals surface area contributed by atoms with Crippen LogP contribution in [0.5, 0.6) is 0 Å². The number of allylic oxidation sites excluding steroid dienone is 2. The van der Waals surface area contributed by atoms with Gasteiger partial charge in [0, 0.05) is 0 Å². The Bertz CT molecular complexity index is 542. The summed E-state index contributed by atoms with van der Waals surface area (Å²) in [6.07, 6.45) is 4.06. The van der Waals surface area contributed by atoms with Gasteiger partial charge < -0.3 is 5.11 Å². The number of carboxylic acids is 1. The fourth-order valence-corrected chi connectivity index (χ4v) is 2.54. The lowest BCUT2D eigenvalue weighted by Crippen LogP contribution is -2.11. The fourth-order valence-electron chi connectivity index (χ4n) is 2.54. The minimum atomic E-state index is -1.09. The van der Waals surface area contributed by atoms with Crippen LogP contribution in [0, 0.1) is 18.2 Å². The van der Waals surface area contributed by atoms with Gasteiger partial charge in [0.05, 0.1) is 5.56 Å². The fraction of sp³-hybridized carbons (Fsp3) is 0.400. The number of aromatic carboxylic acids is 1. The number of benzene rings is 1. The molecule has 0 bridgehead atoms. The number of hydrogen-bond donors (Lipinski definition) is 1. The van der Waals surface area contributed by atoms with Crippen LogP contribution in [0.25, 0.3) is 5.57 Å². The molecule has 0 unspecified atom stereocenters. The molecule has 18 heavy (non-hydrogen) atoms. The largest absolute Gasteiger partial charge is 0.478 e. The van der Waals surface area contributed by atoms with Gasteiger partial charge in [0.1, 0.15) is 5.82 Å². The predicted octanol–water partition coefficient (Wildman–Crippen LogP) is 4.04. The molecule has 1 N–H and O–H groups in total. The Balaban J connectivity index is 2.61. The highest BCUT2D eigenvalue weighted by molar-refractivity contribution is 5.90. The summed E-state index contributed by atoms with van der Waals surface area (Å²) in [7, 11) is 0. The van der Waals surface area contributed by atoms with E-state index in [4.69, 9.17) is 5.11 Å². The van der Waals surface area contributed by atoms with Gasteiger partial charge >= 0.3 is 5.97 Å². The van der Waals surface area contributed by atoms with E-state index in [1.807, 2.05) is 0 Å². The molecule has 0 amide bonds. The first kappa shape index (κ1) is 12.8. The summed E-state index contributed by atoms with van der Waals surface area (Å²) >= 11 is 0. The van der Waals surface area contributed by atoms with Crippen LogP contribution in [-0.2, 0) is 0 Å². The normalized spacial score (nSPS) is 17.7. The molecule has 1 aromatic rings. The Kier molecular flexibility index (Phi) is 3.01. The minimum Gasteiger partial charge on any atom is -0.478 e.